The second kappa shape index (κ2) is 53.3. The maximum Gasteiger partial charge on any atom is 0.534 e. The number of carbonyl (C=O) groups excluding carboxylic acids is 1. The first kappa shape index (κ1) is 111. The largest absolute Gasteiger partial charge is 0.534 e. The van der Waals surface area contributed by atoms with Gasteiger partial charge in [-0.1, -0.05) is 239 Å². The third-order valence-corrected chi connectivity index (χ3v) is 36.8. The van der Waals surface area contributed by atoms with Crippen molar-refractivity contribution >= 4 is 92.4 Å². The maximum atomic E-state index is 13.0. The number of esters is 1. The Labute approximate surface area is 831 Å². The van der Waals surface area contributed by atoms with E-state index in [1.807, 2.05) is 121 Å². The Kier molecular flexibility index (Phi) is 43.7. The zero-order valence-corrected chi connectivity index (χ0v) is 89.5. The van der Waals surface area contributed by atoms with E-state index in [1.165, 1.54) is 142 Å². The first-order valence-electron chi connectivity index (χ1n) is 47.0. The lowest BCUT2D eigenvalue weighted by Crippen LogP contribution is -2.53. The fourth-order valence-corrected chi connectivity index (χ4v) is 29.0. The van der Waals surface area contributed by atoms with Crippen LogP contribution in [0.1, 0.15) is 178 Å². The molecule has 0 atom stereocenters. The quantitative estimate of drug-likeness (QED) is 0.0168. The van der Waals surface area contributed by atoms with Gasteiger partial charge < -0.3 is 13.7 Å². The molecule has 0 N–H and O–H groups in total. The molecule has 20 heteroatoms. The lowest BCUT2D eigenvalue weighted by Gasteiger charge is -2.55. The Balaban J connectivity index is 0.000000189. The zero-order chi connectivity index (χ0) is 99.0. The van der Waals surface area contributed by atoms with Crippen LogP contribution in [0, 0.1) is 45.4 Å². The van der Waals surface area contributed by atoms with Crippen molar-refractivity contribution < 1.29 is 53.2 Å². The number of rotatable bonds is 27. The summed E-state index contributed by atoms with van der Waals surface area (Å²) < 4.78 is 117. The minimum atomic E-state index is -5.73. The van der Waals surface area contributed by atoms with Crippen LogP contribution < -0.4 is 8.92 Å². The molecule has 136 heavy (non-hydrogen) atoms. The molecule has 12 aromatic carbocycles. The van der Waals surface area contributed by atoms with E-state index >= 15 is 0 Å². The van der Waals surface area contributed by atoms with Crippen LogP contribution >= 0.6 is 0 Å². The van der Waals surface area contributed by atoms with Crippen molar-refractivity contribution in [3.8, 4) is 11.5 Å². The monoisotopic (exact) mass is 2000 g/mol. The van der Waals surface area contributed by atoms with Crippen LogP contribution in [-0.4, -0.2) is 86.9 Å². The normalized spacial score (nSPS) is 15.6. The predicted octanol–water partition coefficient (Wildman–Crippen LogP) is 31.1. The Morgan fingerprint density at radius 2 is 0.647 bits per heavy atom. The van der Waals surface area contributed by atoms with Gasteiger partial charge in [0.1, 0.15) is 53.1 Å². The third-order valence-electron chi connectivity index (χ3n) is 23.5. The Bertz CT molecular complexity index is 5390. The maximum absolute atomic E-state index is 13.0. The molecule has 6 nitrogen and oxygen atoms in total. The molecule has 0 heterocycles. The highest BCUT2D eigenvalue weighted by atomic mass is 32.2. The van der Waals surface area contributed by atoms with E-state index < -0.39 is 49.2 Å². The number of carbonyl (C=O) groups is 1. The molecule has 4 bridgehead atoms. The van der Waals surface area contributed by atoms with Gasteiger partial charge in [-0.2, -0.15) is 34.8 Å². The highest BCUT2D eigenvalue weighted by Crippen LogP contribution is 2.57. The molecule has 12 aromatic rings. The van der Waals surface area contributed by atoms with Gasteiger partial charge in [0.05, 0.1) is 67.9 Å². The first-order chi connectivity index (χ1) is 64.6. The first-order valence-corrected chi connectivity index (χ1v) is 60.0. The Morgan fingerprint density at radius 1 is 0.360 bits per heavy atom. The van der Waals surface area contributed by atoms with Gasteiger partial charge in [-0.3, -0.25) is 0 Å². The molecule has 726 valence electrons. The minimum Gasteiger partial charge on any atom is -0.481 e. The smallest absolute Gasteiger partial charge is 0.481 e. The van der Waals surface area contributed by atoms with E-state index in [4.69, 9.17) is 9.47 Å². The molecular formula is C116H143F6O6S8+7. The molecule has 4 aliphatic carbocycles. The topological polar surface area (TPSA) is 78.9 Å². The van der Waals surface area contributed by atoms with Crippen LogP contribution in [0.3, 0.4) is 0 Å². The number of aryl methyl sites for hydroxylation is 4. The minimum absolute atomic E-state index is 0.0220. The van der Waals surface area contributed by atoms with Crippen molar-refractivity contribution in [3.63, 3.8) is 0 Å². The fraction of sp³-hybridized carbons (Fsp3) is 0.371. The van der Waals surface area contributed by atoms with Gasteiger partial charge in [0, 0.05) is 41.2 Å². The summed E-state index contributed by atoms with van der Waals surface area (Å²) in [6.07, 6.45) is 24.7. The summed E-state index contributed by atoms with van der Waals surface area (Å²) in [4.78, 5) is 26.6. The second-order valence-corrected chi connectivity index (χ2v) is 54.2. The lowest BCUT2D eigenvalue weighted by molar-refractivity contribution is -0.188. The number of ether oxygens (including phenoxy) is 2. The molecule has 0 aliphatic heterocycles. The van der Waals surface area contributed by atoms with E-state index in [0.29, 0.717) is 37.8 Å². The molecule has 4 fully saturated rings. The van der Waals surface area contributed by atoms with E-state index in [-0.39, 0.29) is 56.5 Å². The summed E-state index contributed by atoms with van der Waals surface area (Å²) in [7, 11) is -5.04. The van der Waals surface area contributed by atoms with Gasteiger partial charge in [0.25, 0.3) is 0 Å². The summed E-state index contributed by atoms with van der Waals surface area (Å²) in [5.74, 6) is 7.08. The number of unbranched alkanes of at least 4 members (excludes halogenated alkanes) is 3. The molecule has 0 aromatic heterocycles. The number of hydrogen-bond acceptors (Lipinski definition) is 6. The summed E-state index contributed by atoms with van der Waals surface area (Å²) in [5.41, 5.74) is -0.333. The van der Waals surface area contributed by atoms with Crippen LogP contribution in [0.15, 0.2) is 368 Å². The van der Waals surface area contributed by atoms with E-state index in [0.717, 1.165) is 95.3 Å². The summed E-state index contributed by atoms with van der Waals surface area (Å²) >= 11 is 0. The van der Waals surface area contributed by atoms with Crippen molar-refractivity contribution in [2.24, 2.45) is 17.8 Å². The van der Waals surface area contributed by atoms with E-state index in [2.05, 4.69) is 270 Å². The summed E-state index contributed by atoms with van der Waals surface area (Å²) in [5, 5.41) is 0. The van der Waals surface area contributed by atoms with Crippen LogP contribution in [0.4, 0.5) is 26.3 Å². The van der Waals surface area contributed by atoms with Gasteiger partial charge in [-0.15, -0.1) is 0 Å². The Hall–Kier alpha value is -8.31. The number of alkyl halides is 6. The lowest BCUT2D eigenvalue weighted by atomic mass is 9.54. The molecule has 0 spiro atoms. The molecule has 4 aliphatic rings. The molecular weight excluding hydrogens is 1860 g/mol. The van der Waals surface area contributed by atoms with Gasteiger partial charge >= 0.3 is 27.8 Å². The summed E-state index contributed by atoms with van der Waals surface area (Å²) in [6.45, 7) is 27.7. The SMILES string of the molecule is CCCC[S+](CCCC)CCCC.C[S+](C)C.C[S+](C)c1ccccc1.C[S+](c1ccc(C(C)(C)C)cc1)c1ccc(C(C)(C)C)cc1.Cc1cc([S+](c2ccccc2)c2ccccc2)cc(C)c1OCC(=O)OC12CC3CC(CC(C3)C1)C2.Cc1cc([S+](c2ccccc2)c2ccccc2)cc(C)c1OS(=O)(=O)C(F)(F)F.FC(F)(F)c1cccc([S+](c2ccccc2)c2ccccc2)c1. The zero-order valence-electron chi connectivity index (χ0n) is 83.0. The van der Waals surface area contributed by atoms with Crippen molar-refractivity contribution in [2.75, 3.05) is 61.4 Å². The number of benzene rings is 12. The van der Waals surface area contributed by atoms with E-state index in [1.54, 1.807) is 18.2 Å². The van der Waals surface area contributed by atoms with Gasteiger partial charge in [-0.25, -0.2) is 4.79 Å². The number of halogens is 6. The number of hydrogen-bond donors (Lipinski definition) is 0. The summed E-state index contributed by atoms with van der Waals surface area (Å²) in [6, 6.07) is 102. The second-order valence-electron chi connectivity index (χ2n) is 37.6. The molecule has 0 unspecified atom stereocenters. The fourth-order valence-electron chi connectivity index (χ4n) is 17.0. The van der Waals surface area contributed by atoms with Crippen molar-refractivity contribution in [1.82, 2.24) is 0 Å². The van der Waals surface area contributed by atoms with Crippen molar-refractivity contribution in [3.05, 3.63) is 348 Å². The molecule has 16 rings (SSSR count). The van der Waals surface area contributed by atoms with E-state index in [9.17, 15) is 39.6 Å². The average molecular weight is 2000 g/mol. The highest BCUT2D eigenvalue weighted by molar-refractivity contribution is 7.98. The van der Waals surface area contributed by atoms with Crippen molar-refractivity contribution in [1.29, 1.82) is 0 Å². The molecule has 0 amide bonds. The highest BCUT2D eigenvalue weighted by Gasteiger charge is 2.54. The third kappa shape index (κ3) is 34.3. The van der Waals surface area contributed by atoms with Crippen LogP contribution in [0.5, 0.6) is 11.5 Å². The average Bonchev–Trinajstić information content (AvgIpc) is 0.744. The predicted molar refractivity (Wildman–Crippen MR) is 572 cm³/mol. The van der Waals surface area contributed by atoms with Gasteiger partial charge in [-0.05, 0) is 291 Å². The van der Waals surface area contributed by atoms with Crippen LogP contribution in [-0.2, 0) is 113 Å². The molecule has 0 radical (unpaired) electrons. The van der Waals surface area contributed by atoms with Crippen LogP contribution in [0.2, 0.25) is 0 Å². The van der Waals surface area contributed by atoms with Crippen molar-refractivity contribution in [2.45, 2.75) is 254 Å². The Morgan fingerprint density at radius 3 is 0.919 bits per heavy atom. The molecule has 4 saturated carbocycles. The molecule has 0 saturated heterocycles. The standard InChI is InChI=1S/C32H35O3S.C21H18F3O3S2.C21H29S.C19H14F3S.C12H27S.C8H11S.C3H9S/c1-22-13-29(36(27-9-5-3-6-10-27)28-11-7-4-8-12-28)14-23(2)31(22)34-21-30(33)35-32-18-24-15-25(19-32)17-26(16-24)20-32;1-15-13-19(14-16(2)20(15)27-29(25,26)21(22,23)24)28(17-9-5-3-6-10-17)18-11-7-4-8-12-18;1-20(2,3)16-8-12-18(13-9-16)22(7)19-14-10-17(11-15-19)21(4,5)6;20-19(21,22)15-8-7-13-18(14-15)23(16-9-3-1-4-10-16)17-11-5-2-6-12-17;1-4-7-10-13(11-8-5-2)12-9-6-3;1-9(2)8-6-4-3-5-7-8;1-4(2)3/h3-14,24-26H,15-21H2,1-2H3;3-14H,1-2H3;8-15H,1-7H3;1-14H;4-12H2,1-3H3;3-7H,1-2H3;1-3H3/q7*+1. The van der Waals surface area contributed by atoms with Gasteiger partial charge in [0.2, 0.25) is 0 Å². The van der Waals surface area contributed by atoms with Crippen LogP contribution in [0.25, 0.3) is 0 Å². The van der Waals surface area contributed by atoms with Gasteiger partial charge in [0.15, 0.2) is 65.4 Å².